The lowest BCUT2D eigenvalue weighted by atomic mass is 9.83. The van der Waals surface area contributed by atoms with E-state index in [4.69, 9.17) is 15.7 Å². The number of carbonyl (C=O) groups excluding carboxylic acids is 1. The second kappa shape index (κ2) is 7.45. The molecule has 9 heteroatoms. The number of rotatable bonds is 5. The number of nitrogens with one attached hydrogen (secondary N) is 2. The number of aryl methyl sites for hydroxylation is 1. The summed E-state index contributed by atoms with van der Waals surface area (Å²) in [5.74, 6) is 0.560. The fourth-order valence-electron chi connectivity index (χ4n) is 4.31. The van der Waals surface area contributed by atoms with Crippen LogP contribution in [-0.4, -0.2) is 61.9 Å². The molecule has 0 fully saturated rings. The number of aromatic amines is 1. The van der Waals surface area contributed by atoms with Crippen LogP contribution < -0.4 is 11.1 Å². The summed E-state index contributed by atoms with van der Waals surface area (Å²) in [6.07, 6.45) is 3.15. The van der Waals surface area contributed by atoms with E-state index in [1.807, 2.05) is 68.1 Å². The van der Waals surface area contributed by atoms with Crippen LogP contribution in [0.25, 0.3) is 11.3 Å². The van der Waals surface area contributed by atoms with E-state index in [0.29, 0.717) is 24.6 Å². The quantitative estimate of drug-likeness (QED) is 0.575. The summed E-state index contributed by atoms with van der Waals surface area (Å²) >= 11 is 0. The maximum atomic E-state index is 13.0. The first kappa shape index (κ1) is 20.2. The minimum absolute atomic E-state index is 0.0463. The number of fused-ring (bicyclic) bond motifs is 3. The molecule has 5 rings (SSSR count). The third kappa shape index (κ3) is 3.13. The van der Waals surface area contributed by atoms with E-state index < -0.39 is 11.7 Å². The highest BCUT2D eigenvalue weighted by Crippen LogP contribution is 2.37. The van der Waals surface area contributed by atoms with E-state index in [1.54, 1.807) is 11.1 Å². The lowest BCUT2D eigenvalue weighted by Gasteiger charge is -2.37. The summed E-state index contributed by atoms with van der Waals surface area (Å²) in [6.45, 7) is 4.82. The molecule has 32 heavy (non-hydrogen) atoms. The van der Waals surface area contributed by atoms with Crippen molar-refractivity contribution in [1.82, 2.24) is 19.7 Å². The van der Waals surface area contributed by atoms with Gasteiger partial charge in [-0.2, -0.15) is 5.10 Å². The third-order valence-electron chi connectivity index (χ3n) is 6.25. The molecular formula is C23H26N8O. The Morgan fingerprint density at radius 1 is 1.31 bits per heavy atom. The van der Waals surface area contributed by atoms with E-state index in [0.717, 1.165) is 28.2 Å². The molecule has 2 unspecified atom stereocenters. The van der Waals surface area contributed by atoms with Gasteiger partial charge in [0, 0.05) is 42.8 Å². The fraction of sp³-hybridized carbons (Fsp3) is 0.304. The van der Waals surface area contributed by atoms with E-state index in [1.165, 1.54) is 0 Å². The van der Waals surface area contributed by atoms with Gasteiger partial charge in [0.1, 0.15) is 23.2 Å². The molecule has 9 nitrogen and oxygen atoms in total. The number of hydrogen-bond donors (Lipinski definition) is 3. The molecular weight excluding hydrogens is 404 g/mol. The van der Waals surface area contributed by atoms with Gasteiger partial charge < -0.3 is 20.5 Å². The Labute approximate surface area is 186 Å². The first-order valence-electron chi connectivity index (χ1n) is 10.7. The summed E-state index contributed by atoms with van der Waals surface area (Å²) in [6, 6.07) is 11.7. The molecule has 0 spiro atoms. The minimum Gasteiger partial charge on any atom is -0.367 e. The number of hydrogen-bond acceptors (Lipinski definition) is 6. The van der Waals surface area contributed by atoms with Crippen molar-refractivity contribution in [2.24, 2.45) is 22.8 Å². The minimum atomic E-state index is -0.703. The molecule has 2 aromatic heterocycles. The summed E-state index contributed by atoms with van der Waals surface area (Å²) in [7, 11) is 1.86. The average molecular weight is 431 g/mol. The van der Waals surface area contributed by atoms with Crippen molar-refractivity contribution in [1.29, 1.82) is 0 Å². The van der Waals surface area contributed by atoms with E-state index >= 15 is 0 Å². The zero-order valence-electron chi connectivity index (χ0n) is 18.3. The maximum Gasteiger partial charge on any atom is 0.270 e. The number of nitrogens with two attached hydrogens (primary N) is 1. The van der Waals surface area contributed by atoms with Gasteiger partial charge in [0.2, 0.25) is 0 Å². The van der Waals surface area contributed by atoms with Crippen LogP contribution in [0.2, 0.25) is 0 Å². The molecule has 4 N–H and O–H groups in total. The Morgan fingerprint density at radius 3 is 2.84 bits per heavy atom. The topological polar surface area (TPSA) is 117 Å². The first-order chi connectivity index (χ1) is 15.4. The van der Waals surface area contributed by atoms with Crippen molar-refractivity contribution in [3.05, 3.63) is 60.0 Å². The molecule has 2 atom stereocenters. The number of nitrogens with zero attached hydrogens (tertiary/aromatic N) is 5. The van der Waals surface area contributed by atoms with Gasteiger partial charge in [-0.25, -0.2) is 4.99 Å². The smallest absolute Gasteiger partial charge is 0.270 e. The van der Waals surface area contributed by atoms with E-state index in [-0.39, 0.29) is 5.91 Å². The third-order valence-corrected chi connectivity index (χ3v) is 6.25. The Morgan fingerprint density at radius 2 is 2.16 bits per heavy atom. The van der Waals surface area contributed by atoms with Gasteiger partial charge in [-0.05, 0) is 38.1 Å². The number of likely N-dealkylation sites (N-methyl/N-ethyl adjacent to an activating group) is 1. The highest BCUT2D eigenvalue weighted by atomic mass is 16.2. The molecule has 1 amide bonds. The van der Waals surface area contributed by atoms with Crippen molar-refractivity contribution in [2.45, 2.75) is 25.6 Å². The van der Waals surface area contributed by atoms with Gasteiger partial charge in [-0.1, -0.05) is 12.1 Å². The molecule has 2 aliphatic heterocycles. The highest BCUT2D eigenvalue weighted by Gasteiger charge is 2.46. The summed E-state index contributed by atoms with van der Waals surface area (Å²) < 4.78 is 1.82. The number of carbonyl (C=O) groups is 1. The van der Waals surface area contributed by atoms with Crippen LogP contribution in [0.5, 0.6) is 0 Å². The largest absolute Gasteiger partial charge is 0.367 e. The van der Waals surface area contributed by atoms with Crippen molar-refractivity contribution < 1.29 is 4.79 Å². The van der Waals surface area contributed by atoms with Crippen LogP contribution in [0.1, 0.15) is 29.9 Å². The summed E-state index contributed by atoms with van der Waals surface area (Å²) in [5, 5.41) is 10.4. The predicted molar refractivity (Wildman–Crippen MR) is 125 cm³/mol. The highest BCUT2D eigenvalue weighted by molar-refractivity contribution is 6.21. The van der Waals surface area contributed by atoms with Crippen LogP contribution in [0.3, 0.4) is 0 Å². The van der Waals surface area contributed by atoms with E-state index in [2.05, 4.69) is 15.5 Å². The van der Waals surface area contributed by atoms with Crippen molar-refractivity contribution in [3.63, 3.8) is 0 Å². The van der Waals surface area contributed by atoms with Crippen LogP contribution in [0.15, 0.2) is 58.8 Å². The standard InChI is InChI=1S/C23H26N8O/c1-4-31(21(32)18-6-5-11-30(18)3)13-19-27-20-15-8-7-14(16-9-10-25-29-16)12-17(15)26-22(24)23(20,2)28-19/h5-12,22,26H,4,13,24H2,1-3H3,(H,25,29). The summed E-state index contributed by atoms with van der Waals surface area (Å²) in [4.78, 5) is 24.5. The Hall–Kier alpha value is -3.72. The van der Waals surface area contributed by atoms with Gasteiger partial charge in [-0.3, -0.25) is 14.9 Å². The summed E-state index contributed by atoms with van der Waals surface area (Å²) in [5.41, 5.74) is 11.1. The number of anilines is 1. The number of amidine groups is 1. The molecule has 2 aliphatic rings. The molecule has 0 aliphatic carbocycles. The molecule has 164 valence electrons. The number of H-pyrrole nitrogens is 1. The first-order valence-corrected chi connectivity index (χ1v) is 10.7. The monoisotopic (exact) mass is 430 g/mol. The molecule has 3 aromatic rings. The Balaban J connectivity index is 1.46. The van der Waals surface area contributed by atoms with Crippen molar-refractivity contribution >= 4 is 23.1 Å². The zero-order chi connectivity index (χ0) is 22.5. The fourth-order valence-corrected chi connectivity index (χ4v) is 4.31. The zero-order valence-corrected chi connectivity index (χ0v) is 18.3. The molecule has 0 saturated carbocycles. The number of amides is 1. The van der Waals surface area contributed by atoms with Gasteiger partial charge in [0.15, 0.2) is 0 Å². The van der Waals surface area contributed by atoms with E-state index in [9.17, 15) is 4.79 Å². The maximum absolute atomic E-state index is 13.0. The van der Waals surface area contributed by atoms with Crippen LogP contribution in [-0.2, 0) is 7.05 Å². The lowest BCUT2D eigenvalue weighted by molar-refractivity contribution is 0.0777. The van der Waals surface area contributed by atoms with Crippen LogP contribution >= 0.6 is 0 Å². The van der Waals surface area contributed by atoms with Crippen LogP contribution in [0.4, 0.5) is 5.69 Å². The number of aliphatic imine (C=N–C) groups is 2. The van der Waals surface area contributed by atoms with Crippen LogP contribution in [0, 0.1) is 0 Å². The predicted octanol–water partition coefficient (Wildman–Crippen LogP) is 2.25. The van der Waals surface area contributed by atoms with Crippen molar-refractivity contribution in [3.8, 4) is 11.3 Å². The Kier molecular flexibility index (Phi) is 4.70. The van der Waals surface area contributed by atoms with Gasteiger partial charge in [0.25, 0.3) is 5.91 Å². The molecule has 4 heterocycles. The molecule has 0 bridgehead atoms. The second-order valence-corrected chi connectivity index (χ2v) is 8.31. The van der Waals surface area contributed by atoms with Gasteiger partial charge in [-0.15, -0.1) is 0 Å². The van der Waals surface area contributed by atoms with Crippen molar-refractivity contribution in [2.75, 3.05) is 18.4 Å². The lowest BCUT2D eigenvalue weighted by Crippen LogP contribution is -2.56. The van der Waals surface area contributed by atoms with Gasteiger partial charge >= 0.3 is 0 Å². The number of benzene rings is 1. The SMILES string of the molecule is CCN(CC1=NC2(C)C(=N1)c1ccc(-c3ccn[nH]3)cc1NC2N)C(=O)c1cccn1C. The average Bonchev–Trinajstić information content (AvgIpc) is 3.52. The molecule has 0 saturated heterocycles. The normalized spacial score (nSPS) is 21.3. The second-order valence-electron chi connectivity index (χ2n) is 8.31. The molecule has 0 radical (unpaired) electrons. The Bertz CT molecular complexity index is 1240. The molecule has 1 aromatic carbocycles. The number of aromatic nitrogens is 3. The van der Waals surface area contributed by atoms with Gasteiger partial charge in [0.05, 0.1) is 18.0 Å².